The Morgan fingerprint density at radius 2 is 2.06 bits per heavy atom. The highest BCUT2D eigenvalue weighted by molar-refractivity contribution is 14.2. The summed E-state index contributed by atoms with van der Waals surface area (Å²) in [6, 6.07) is 3.36. The van der Waals surface area contributed by atoms with Gasteiger partial charge in [-0.05, 0) is 41.1 Å². The Bertz CT molecular complexity index is 501. The van der Waals surface area contributed by atoms with Crippen molar-refractivity contribution in [3.8, 4) is 0 Å². The number of aromatic nitrogens is 2. The van der Waals surface area contributed by atoms with Gasteiger partial charge in [0, 0.05) is 4.47 Å². The zero-order chi connectivity index (χ0) is 12.3. The van der Waals surface area contributed by atoms with Gasteiger partial charge in [-0.3, -0.25) is 0 Å². The third kappa shape index (κ3) is 2.74. The first-order chi connectivity index (χ1) is 7.63. The Labute approximate surface area is 117 Å². The fourth-order valence-corrected chi connectivity index (χ4v) is 3.38. The van der Waals surface area contributed by atoms with Crippen LogP contribution in [0.5, 0.6) is 0 Å². The van der Waals surface area contributed by atoms with E-state index in [-0.39, 0.29) is 5.82 Å². The number of benzene rings is 1. The Morgan fingerprint density at radius 3 is 2.62 bits per heavy atom. The maximum Gasteiger partial charge on any atom is 0.135 e. The lowest BCUT2D eigenvalue weighted by Gasteiger charge is -1.98. The van der Waals surface area contributed by atoms with E-state index in [0.717, 1.165) is 15.7 Å². The lowest BCUT2D eigenvalue weighted by molar-refractivity contribution is 0.638. The van der Waals surface area contributed by atoms with Gasteiger partial charge in [0.05, 0.1) is 23.0 Å². The van der Waals surface area contributed by atoms with Crippen LogP contribution in [0.25, 0.3) is 10.9 Å². The summed E-state index contributed by atoms with van der Waals surface area (Å²) in [5, 5.41) is 4.89. The number of aryl methyl sites for hydroxylation is 1. The summed E-state index contributed by atoms with van der Waals surface area (Å²) in [6.07, 6.45) is 0.485. The molecule has 0 aliphatic heterocycles. The monoisotopic (exact) mass is 416 g/mol. The van der Waals surface area contributed by atoms with E-state index >= 15 is 0 Å². The van der Waals surface area contributed by atoms with Crippen LogP contribution in [-0.4, -0.2) is 9.55 Å². The summed E-state index contributed by atoms with van der Waals surface area (Å²) in [5.41, 5.74) is 1.59. The number of hydrogen-bond acceptors (Lipinski definition) is 1. The summed E-state index contributed by atoms with van der Waals surface area (Å²) in [6.45, 7) is 5.83. The summed E-state index contributed by atoms with van der Waals surface area (Å²) >= 11 is 5.50. The fourth-order valence-electron chi connectivity index (χ4n) is 1.40. The molecule has 2 nitrogen and oxygen atoms in total. The third-order valence-corrected chi connectivity index (χ3v) is 4.28. The molecule has 0 saturated carbocycles. The second-order valence-electron chi connectivity index (χ2n) is 2.86. The maximum absolute atomic E-state index is 13.6. The molecule has 0 radical (unpaired) electrons. The van der Waals surface area contributed by atoms with Crippen molar-refractivity contribution in [2.45, 2.75) is 20.8 Å². The van der Waals surface area contributed by atoms with Crippen LogP contribution in [0, 0.1) is 12.7 Å². The van der Waals surface area contributed by atoms with Crippen molar-refractivity contribution >= 4 is 55.2 Å². The molecule has 1 heterocycles. The van der Waals surface area contributed by atoms with E-state index < -0.39 is 0 Å². The summed E-state index contributed by atoms with van der Waals surface area (Å²) in [5.74, 6) is -0.215. The molecule has 0 spiro atoms. The lowest BCUT2D eigenvalue weighted by Crippen LogP contribution is -1.83. The van der Waals surface area contributed by atoms with Crippen molar-refractivity contribution in [2.75, 3.05) is 0 Å². The predicted octanol–water partition coefficient (Wildman–Crippen LogP) is 5.06. The molecular weight excluding hydrogens is 405 g/mol. The zero-order valence-corrected chi connectivity index (χ0v) is 13.9. The van der Waals surface area contributed by atoms with E-state index in [1.807, 2.05) is 31.3 Å². The predicted molar refractivity (Wildman–Crippen MR) is 81.2 cm³/mol. The second kappa shape index (κ2) is 6.26. The highest BCUT2D eigenvalue weighted by atomic mass is 127. The number of fused-ring (bicyclic) bond motifs is 1. The number of rotatable bonds is 1. The van der Waals surface area contributed by atoms with Crippen LogP contribution in [-0.2, 0) is 0 Å². The van der Waals surface area contributed by atoms with E-state index in [1.165, 1.54) is 6.07 Å². The third-order valence-electron chi connectivity index (χ3n) is 1.95. The van der Waals surface area contributed by atoms with E-state index in [2.05, 4.69) is 43.1 Å². The van der Waals surface area contributed by atoms with Crippen molar-refractivity contribution in [3.63, 3.8) is 0 Å². The molecule has 0 aliphatic rings. The van der Waals surface area contributed by atoms with Crippen molar-refractivity contribution in [3.05, 3.63) is 28.1 Å². The fraction of sp³-hybridized carbons (Fsp3) is 0.300. The highest BCUT2D eigenvalue weighted by Gasteiger charge is 2.11. The second-order valence-corrected chi connectivity index (χ2v) is 5.82. The molecule has 6 heteroatoms. The molecule has 0 amide bonds. The first-order valence-electron chi connectivity index (χ1n) is 4.84. The Morgan fingerprint density at radius 1 is 1.44 bits per heavy atom. The van der Waals surface area contributed by atoms with Crippen molar-refractivity contribution in [1.82, 2.24) is 9.55 Å². The number of halogens is 3. The first-order valence-corrected chi connectivity index (χ1v) is 9.70. The van der Waals surface area contributed by atoms with Gasteiger partial charge in [-0.25, -0.2) is 8.84 Å². The molecule has 1 unspecified atom stereocenters. The summed E-state index contributed by atoms with van der Waals surface area (Å²) in [7, 11) is 0. The van der Waals surface area contributed by atoms with Gasteiger partial charge >= 0.3 is 0 Å². The van der Waals surface area contributed by atoms with Gasteiger partial charge in [0.1, 0.15) is 5.82 Å². The highest BCUT2D eigenvalue weighted by Crippen LogP contribution is 2.33. The van der Waals surface area contributed by atoms with E-state index in [0.29, 0.717) is 11.8 Å². The van der Waals surface area contributed by atoms with Crippen LogP contribution in [0.4, 0.5) is 4.39 Å². The average Bonchev–Trinajstić information content (AvgIpc) is 2.58. The van der Waals surface area contributed by atoms with Crippen LogP contribution in [0.2, 0.25) is 0 Å². The zero-order valence-electron chi connectivity index (χ0n) is 9.18. The first kappa shape index (κ1) is 14.3. The van der Waals surface area contributed by atoms with E-state index in [9.17, 15) is 4.39 Å². The number of nitrogens with zero attached hydrogens (tertiary/aromatic N) is 2. The van der Waals surface area contributed by atoms with Crippen LogP contribution in [0.3, 0.4) is 0 Å². The minimum Gasteiger partial charge on any atom is -0.237 e. The van der Waals surface area contributed by atoms with Gasteiger partial charge < -0.3 is 0 Å². The molecule has 0 saturated heterocycles. The van der Waals surface area contributed by atoms with Crippen LogP contribution in [0.1, 0.15) is 19.5 Å². The van der Waals surface area contributed by atoms with Gasteiger partial charge in [-0.15, -0.1) is 0 Å². The van der Waals surface area contributed by atoms with E-state index in [4.69, 9.17) is 0 Å². The maximum atomic E-state index is 13.6. The molecule has 0 N–H and O–H groups in total. The molecule has 88 valence electrons. The Kier molecular flexibility index (Phi) is 5.61. The van der Waals surface area contributed by atoms with Crippen LogP contribution in [0.15, 0.2) is 16.6 Å². The van der Waals surface area contributed by atoms with Crippen LogP contribution >= 0.6 is 44.3 Å². The van der Waals surface area contributed by atoms with Crippen molar-refractivity contribution < 1.29 is 4.39 Å². The molecule has 2 rings (SSSR count). The quantitative estimate of drug-likeness (QED) is 0.469. The summed E-state index contributed by atoms with van der Waals surface area (Å²) in [4.78, 5) is 0. The standard InChI is InChI=1S/C8H6BrFIN2P.C2H6/c1-4-8-6(10)2-5(9)3-7(8)13(12-4)14-11;1-2/h2-3,14H,1H3;1-2H3. The Balaban J connectivity index is 0.000000606. The molecule has 1 aromatic carbocycles. The SMILES string of the molecule is CC.Cc1nn(PI)c2cc(Br)cc(F)c12. The molecule has 1 aromatic heterocycles. The number of hydrogen-bond donors (Lipinski definition) is 0. The van der Waals surface area contributed by atoms with Crippen molar-refractivity contribution in [2.24, 2.45) is 0 Å². The Hall–Kier alpha value is 0.260. The molecule has 0 bridgehead atoms. The molecule has 1 atom stereocenters. The van der Waals surface area contributed by atoms with Gasteiger partial charge in [-0.1, -0.05) is 29.8 Å². The molecule has 0 aliphatic carbocycles. The average molecular weight is 417 g/mol. The molecular formula is C10H12BrFIN2P. The van der Waals surface area contributed by atoms with Crippen molar-refractivity contribution in [1.29, 1.82) is 0 Å². The van der Waals surface area contributed by atoms with Gasteiger partial charge in [-0.2, -0.15) is 5.10 Å². The normalized spacial score (nSPS) is 10.9. The summed E-state index contributed by atoms with van der Waals surface area (Å²) < 4.78 is 16.1. The minimum atomic E-state index is -0.215. The molecule has 2 aromatic rings. The van der Waals surface area contributed by atoms with Crippen LogP contribution < -0.4 is 0 Å². The van der Waals surface area contributed by atoms with Gasteiger partial charge in [0.25, 0.3) is 0 Å². The molecule has 0 fully saturated rings. The van der Waals surface area contributed by atoms with Gasteiger partial charge in [0.15, 0.2) is 0 Å². The largest absolute Gasteiger partial charge is 0.237 e. The van der Waals surface area contributed by atoms with Gasteiger partial charge in [0.2, 0.25) is 0 Å². The topological polar surface area (TPSA) is 17.8 Å². The smallest absolute Gasteiger partial charge is 0.135 e. The lowest BCUT2D eigenvalue weighted by atomic mass is 10.2. The minimum absolute atomic E-state index is 0.215. The molecule has 16 heavy (non-hydrogen) atoms. The van der Waals surface area contributed by atoms with E-state index in [1.54, 1.807) is 0 Å².